The van der Waals surface area contributed by atoms with Gasteiger partial charge in [0.15, 0.2) is 0 Å². The van der Waals surface area contributed by atoms with E-state index in [0.29, 0.717) is 0 Å². The molecule has 2 nitrogen and oxygen atoms in total. The van der Waals surface area contributed by atoms with Crippen molar-refractivity contribution >= 4 is 0 Å². The lowest BCUT2D eigenvalue weighted by molar-refractivity contribution is 0.0405. The van der Waals surface area contributed by atoms with Crippen molar-refractivity contribution in [1.29, 1.82) is 0 Å². The van der Waals surface area contributed by atoms with Crippen molar-refractivity contribution in [2.24, 2.45) is 5.41 Å². The molecule has 2 N–H and O–H groups in total. The molecule has 0 rings (SSSR count). The maximum Gasteiger partial charge on any atom is 0.0563 e. The minimum absolute atomic E-state index is 0.0222. The van der Waals surface area contributed by atoms with Gasteiger partial charge in [0.25, 0.3) is 0 Å². The zero-order chi connectivity index (χ0) is 10.7. The maximum atomic E-state index is 9.58. The second kappa shape index (κ2) is 4.43. The summed E-state index contributed by atoms with van der Waals surface area (Å²) in [4.78, 5) is 0. The Morgan fingerprint density at radius 3 is 2.00 bits per heavy atom. The van der Waals surface area contributed by atoms with Crippen LogP contribution in [0.4, 0.5) is 0 Å². The maximum absolute atomic E-state index is 9.58. The smallest absolute Gasteiger partial charge is 0.0563 e. The van der Waals surface area contributed by atoms with Crippen LogP contribution in [0.25, 0.3) is 0 Å². The van der Waals surface area contributed by atoms with E-state index < -0.39 is 0 Å². The average molecular weight is 187 g/mol. The largest absolute Gasteiger partial charge is 0.393 e. The lowest BCUT2D eigenvalue weighted by Gasteiger charge is -2.37. The highest BCUT2D eigenvalue weighted by atomic mass is 16.3. The summed E-state index contributed by atoms with van der Waals surface area (Å²) >= 11 is 0. The minimum Gasteiger partial charge on any atom is -0.393 e. The molecule has 13 heavy (non-hydrogen) atoms. The van der Waals surface area contributed by atoms with E-state index in [1.165, 1.54) is 0 Å². The van der Waals surface area contributed by atoms with Crippen LogP contribution < -0.4 is 5.32 Å². The van der Waals surface area contributed by atoms with Crippen LogP contribution >= 0.6 is 0 Å². The Morgan fingerprint density at radius 2 is 1.69 bits per heavy atom. The molecule has 0 aromatic rings. The fraction of sp³-hybridized carbons (Fsp3) is 1.00. The number of nitrogens with one attached hydrogen (secondary N) is 1. The molecule has 0 spiro atoms. The van der Waals surface area contributed by atoms with E-state index in [0.717, 1.165) is 13.0 Å². The van der Waals surface area contributed by atoms with Crippen LogP contribution in [-0.2, 0) is 0 Å². The van der Waals surface area contributed by atoms with E-state index in [1.807, 2.05) is 6.92 Å². The van der Waals surface area contributed by atoms with Crippen LogP contribution in [0.3, 0.4) is 0 Å². The van der Waals surface area contributed by atoms with Gasteiger partial charge in [-0.1, -0.05) is 20.8 Å². The Kier molecular flexibility index (Phi) is 4.40. The van der Waals surface area contributed by atoms with E-state index >= 15 is 0 Å². The van der Waals surface area contributed by atoms with Crippen LogP contribution in [0.5, 0.6) is 0 Å². The van der Waals surface area contributed by atoms with Gasteiger partial charge in [0.1, 0.15) is 0 Å². The van der Waals surface area contributed by atoms with Gasteiger partial charge in [0.2, 0.25) is 0 Å². The molecule has 80 valence electrons. The predicted octanol–water partition coefficient (Wildman–Crippen LogP) is 2.17. The molecular formula is C11H25NO. The minimum atomic E-state index is -0.259. The molecule has 0 fully saturated rings. The highest BCUT2D eigenvalue weighted by molar-refractivity contribution is 4.87. The number of hydrogen-bond acceptors (Lipinski definition) is 2. The Bertz CT molecular complexity index is 150. The van der Waals surface area contributed by atoms with Gasteiger partial charge in [-0.15, -0.1) is 0 Å². The Labute approximate surface area is 82.7 Å². The lowest BCUT2D eigenvalue weighted by Crippen LogP contribution is -2.45. The molecular weight excluding hydrogens is 162 g/mol. The molecule has 0 saturated heterocycles. The molecule has 0 aromatic carbocycles. The van der Waals surface area contributed by atoms with Gasteiger partial charge < -0.3 is 10.4 Å². The number of rotatable bonds is 5. The Balaban J connectivity index is 4.24. The Hall–Kier alpha value is -0.0800. The van der Waals surface area contributed by atoms with Gasteiger partial charge in [-0.05, 0) is 39.2 Å². The molecule has 0 aliphatic heterocycles. The SMILES string of the molecule is CCNC(C)(C)CC(C)(C)C(C)O. The third kappa shape index (κ3) is 4.63. The average Bonchev–Trinajstić information content (AvgIpc) is 1.83. The number of aliphatic hydroxyl groups is 1. The Morgan fingerprint density at radius 1 is 1.23 bits per heavy atom. The van der Waals surface area contributed by atoms with Crippen molar-refractivity contribution in [3.05, 3.63) is 0 Å². The summed E-state index contributed by atoms with van der Waals surface area (Å²) in [6.45, 7) is 13.5. The molecule has 0 aliphatic carbocycles. The molecule has 0 aliphatic rings. The molecule has 0 radical (unpaired) electrons. The lowest BCUT2D eigenvalue weighted by atomic mass is 9.76. The number of aliphatic hydroxyl groups excluding tert-OH is 1. The first-order valence-corrected chi connectivity index (χ1v) is 5.14. The van der Waals surface area contributed by atoms with Gasteiger partial charge >= 0.3 is 0 Å². The van der Waals surface area contributed by atoms with Gasteiger partial charge in [-0.3, -0.25) is 0 Å². The van der Waals surface area contributed by atoms with Crippen LogP contribution in [0.15, 0.2) is 0 Å². The van der Waals surface area contributed by atoms with Crippen LogP contribution in [0.1, 0.15) is 48.0 Å². The molecule has 0 saturated carbocycles. The van der Waals surface area contributed by atoms with E-state index in [2.05, 4.69) is 39.9 Å². The highest BCUT2D eigenvalue weighted by Crippen LogP contribution is 2.30. The molecule has 1 atom stereocenters. The molecule has 0 heterocycles. The second-order valence-electron chi connectivity index (χ2n) is 5.26. The standard InChI is InChI=1S/C11H25NO/c1-7-12-11(5,6)8-10(3,4)9(2)13/h9,12-13H,7-8H2,1-6H3. The van der Waals surface area contributed by atoms with Crippen molar-refractivity contribution < 1.29 is 5.11 Å². The summed E-state index contributed by atoms with van der Waals surface area (Å²) in [5.41, 5.74) is 0.0842. The number of hydrogen-bond donors (Lipinski definition) is 2. The summed E-state index contributed by atoms with van der Waals surface area (Å²) < 4.78 is 0. The fourth-order valence-electron chi connectivity index (χ4n) is 1.83. The fourth-order valence-corrected chi connectivity index (χ4v) is 1.83. The molecule has 1 unspecified atom stereocenters. The van der Waals surface area contributed by atoms with E-state index in [4.69, 9.17) is 0 Å². The van der Waals surface area contributed by atoms with Crippen molar-refractivity contribution in [2.45, 2.75) is 59.6 Å². The van der Waals surface area contributed by atoms with Crippen molar-refractivity contribution in [1.82, 2.24) is 5.32 Å². The van der Waals surface area contributed by atoms with Crippen molar-refractivity contribution in [2.75, 3.05) is 6.54 Å². The molecule has 0 aromatic heterocycles. The first kappa shape index (κ1) is 12.9. The zero-order valence-corrected chi connectivity index (χ0v) is 9.94. The zero-order valence-electron chi connectivity index (χ0n) is 9.94. The molecule has 0 amide bonds. The molecule has 2 heteroatoms. The van der Waals surface area contributed by atoms with Crippen LogP contribution in [-0.4, -0.2) is 23.3 Å². The topological polar surface area (TPSA) is 32.3 Å². The van der Waals surface area contributed by atoms with Gasteiger partial charge in [-0.25, -0.2) is 0 Å². The van der Waals surface area contributed by atoms with Crippen molar-refractivity contribution in [3.8, 4) is 0 Å². The third-order valence-electron chi connectivity index (χ3n) is 2.68. The summed E-state index contributed by atoms with van der Waals surface area (Å²) in [6, 6.07) is 0. The van der Waals surface area contributed by atoms with Crippen LogP contribution in [0, 0.1) is 5.41 Å². The summed E-state index contributed by atoms with van der Waals surface area (Å²) in [5.74, 6) is 0. The summed E-state index contributed by atoms with van der Waals surface area (Å²) in [7, 11) is 0. The van der Waals surface area contributed by atoms with Gasteiger partial charge in [0, 0.05) is 5.54 Å². The summed E-state index contributed by atoms with van der Waals surface area (Å²) in [6.07, 6.45) is 0.719. The predicted molar refractivity (Wildman–Crippen MR) is 57.8 cm³/mol. The third-order valence-corrected chi connectivity index (χ3v) is 2.68. The highest BCUT2D eigenvalue weighted by Gasteiger charge is 2.31. The van der Waals surface area contributed by atoms with E-state index in [-0.39, 0.29) is 17.1 Å². The van der Waals surface area contributed by atoms with Crippen LogP contribution in [0.2, 0.25) is 0 Å². The van der Waals surface area contributed by atoms with E-state index in [9.17, 15) is 5.11 Å². The normalized spacial score (nSPS) is 15.9. The molecule has 0 bridgehead atoms. The first-order chi connectivity index (χ1) is 5.71. The first-order valence-electron chi connectivity index (χ1n) is 5.14. The summed E-state index contributed by atoms with van der Waals surface area (Å²) in [5, 5.41) is 13.0. The quantitative estimate of drug-likeness (QED) is 0.691. The van der Waals surface area contributed by atoms with Gasteiger partial charge in [0.05, 0.1) is 6.10 Å². The van der Waals surface area contributed by atoms with Crippen molar-refractivity contribution in [3.63, 3.8) is 0 Å². The second-order valence-corrected chi connectivity index (χ2v) is 5.26. The van der Waals surface area contributed by atoms with Gasteiger partial charge in [-0.2, -0.15) is 0 Å². The van der Waals surface area contributed by atoms with E-state index in [1.54, 1.807) is 0 Å². The monoisotopic (exact) mass is 187 g/mol.